The van der Waals surface area contributed by atoms with Crippen molar-refractivity contribution in [3.8, 4) is 0 Å². The zero-order valence-corrected chi connectivity index (χ0v) is 9.24. The van der Waals surface area contributed by atoms with Crippen molar-refractivity contribution in [2.45, 2.75) is 44.8 Å². The van der Waals surface area contributed by atoms with Crippen LogP contribution < -0.4 is 5.32 Å². The van der Waals surface area contributed by atoms with Crippen LogP contribution in [0.2, 0.25) is 0 Å². The lowest BCUT2D eigenvalue weighted by Gasteiger charge is -2.14. The van der Waals surface area contributed by atoms with Crippen LogP contribution in [-0.4, -0.2) is 26.8 Å². The molecule has 0 aromatic carbocycles. The van der Waals surface area contributed by atoms with Crippen molar-refractivity contribution in [1.82, 2.24) is 14.9 Å². The van der Waals surface area contributed by atoms with Crippen LogP contribution in [0.3, 0.4) is 0 Å². The average Bonchev–Trinajstić information content (AvgIpc) is 2.91. The largest absolute Gasteiger partial charge is 0.394 e. The van der Waals surface area contributed by atoms with E-state index in [1.807, 2.05) is 12.5 Å². The van der Waals surface area contributed by atoms with Gasteiger partial charge in [-0.25, -0.2) is 4.98 Å². The highest BCUT2D eigenvalue weighted by atomic mass is 16.3. The topological polar surface area (TPSA) is 50.1 Å². The van der Waals surface area contributed by atoms with E-state index in [1.54, 1.807) is 0 Å². The first-order valence-electron chi connectivity index (χ1n) is 5.64. The molecule has 2 rings (SSSR count). The van der Waals surface area contributed by atoms with E-state index >= 15 is 0 Å². The number of aromatic nitrogens is 2. The highest BCUT2D eigenvalue weighted by Crippen LogP contribution is 2.34. The Morgan fingerprint density at radius 1 is 1.60 bits per heavy atom. The van der Waals surface area contributed by atoms with Crippen molar-refractivity contribution in [1.29, 1.82) is 0 Å². The van der Waals surface area contributed by atoms with Gasteiger partial charge in [0.25, 0.3) is 0 Å². The van der Waals surface area contributed by atoms with Gasteiger partial charge in [-0.1, -0.05) is 6.92 Å². The van der Waals surface area contributed by atoms with E-state index in [4.69, 9.17) is 0 Å². The van der Waals surface area contributed by atoms with Gasteiger partial charge in [0.2, 0.25) is 0 Å². The van der Waals surface area contributed by atoms with Crippen molar-refractivity contribution < 1.29 is 5.11 Å². The van der Waals surface area contributed by atoms with E-state index in [2.05, 4.69) is 21.8 Å². The zero-order valence-electron chi connectivity index (χ0n) is 9.24. The molecule has 1 fully saturated rings. The Kier molecular flexibility index (Phi) is 3.07. The molecule has 0 amide bonds. The Morgan fingerprint density at radius 2 is 2.40 bits per heavy atom. The molecule has 4 heteroatoms. The molecule has 1 aromatic heterocycles. The summed E-state index contributed by atoms with van der Waals surface area (Å²) in [6.45, 7) is 4.23. The Morgan fingerprint density at radius 3 is 3.00 bits per heavy atom. The van der Waals surface area contributed by atoms with Gasteiger partial charge >= 0.3 is 0 Å². The molecule has 0 spiro atoms. The fourth-order valence-electron chi connectivity index (χ4n) is 1.76. The Labute approximate surface area is 90.3 Å². The summed E-state index contributed by atoms with van der Waals surface area (Å²) in [5.41, 5.74) is 1.22. The van der Waals surface area contributed by atoms with E-state index in [-0.39, 0.29) is 12.1 Å². The molecule has 2 N–H and O–H groups in total. The first kappa shape index (κ1) is 10.6. The molecule has 84 valence electrons. The van der Waals surface area contributed by atoms with Crippen LogP contribution >= 0.6 is 0 Å². The molecule has 1 aliphatic carbocycles. The fraction of sp³-hybridized carbons (Fsp3) is 0.727. The molecule has 1 saturated carbocycles. The quantitative estimate of drug-likeness (QED) is 0.732. The predicted octanol–water partition coefficient (Wildman–Crippen LogP) is 0.908. The van der Waals surface area contributed by atoms with Crippen LogP contribution in [0.1, 0.15) is 31.9 Å². The number of hydrogen-bond acceptors (Lipinski definition) is 3. The van der Waals surface area contributed by atoms with Gasteiger partial charge < -0.3 is 15.0 Å². The van der Waals surface area contributed by atoms with Gasteiger partial charge in [0.05, 0.1) is 18.6 Å². The second-order valence-electron chi connectivity index (χ2n) is 4.37. The van der Waals surface area contributed by atoms with Gasteiger partial charge in [-0.05, 0) is 19.3 Å². The number of aliphatic hydroxyl groups excluding tert-OH is 1. The third-order valence-electron chi connectivity index (χ3n) is 3.06. The maximum atomic E-state index is 9.17. The lowest BCUT2D eigenvalue weighted by atomic mass is 10.3. The molecule has 0 unspecified atom stereocenters. The molecular formula is C11H19N3O. The lowest BCUT2D eigenvalue weighted by molar-refractivity contribution is 0.229. The number of rotatable bonds is 6. The monoisotopic (exact) mass is 209 g/mol. The van der Waals surface area contributed by atoms with E-state index in [9.17, 15) is 5.11 Å². The Bertz CT molecular complexity index is 317. The normalized spacial score (nSPS) is 18.0. The third kappa shape index (κ3) is 2.38. The van der Waals surface area contributed by atoms with E-state index in [1.165, 1.54) is 5.69 Å². The van der Waals surface area contributed by atoms with Crippen LogP contribution in [-0.2, 0) is 13.1 Å². The summed E-state index contributed by atoms with van der Waals surface area (Å²) in [4.78, 5) is 4.15. The van der Waals surface area contributed by atoms with E-state index < -0.39 is 0 Å². The van der Waals surface area contributed by atoms with Crippen molar-refractivity contribution >= 4 is 0 Å². The number of nitrogens with one attached hydrogen (secondary N) is 1. The second kappa shape index (κ2) is 4.33. The summed E-state index contributed by atoms with van der Waals surface area (Å²) in [5, 5.41) is 12.6. The Hall–Kier alpha value is -0.870. The molecule has 0 bridgehead atoms. The molecular weight excluding hydrogens is 190 g/mol. The minimum Gasteiger partial charge on any atom is -0.394 e. The highest BCUT2D eigenvalue weighted by Gasteiger charge is 2.41. The molecule has 1 heterocycles. The summed E-state index contributed by atoms with van der Waals surface area (Å²) in [7, 11) is 0. The molecule has 4 nitrogen and oxygen atoms in total. The third-order valence-corrected chi connectivity index (χ3v) is 3.06. The van der Waals surface area contributed by atoms with Crippen LogP contribution in [0.25, 0.3) is 0 Å². The molecule has 0 radical (unpaired) electrons. The van der Waals surface area contributed by atoms with Gasteiger partial charge in [0.1, 0.15) is 0 Å². The molecule has 0 aliphatic heterocycles. The SMILES string of the molecule is CCCn1cncc1CNC1(CO)CC1. The number of imidazole rings is 1. The van der Waals surface area contributed by atoms with E-state index in [0.717, 1.165) is 32.4 Å². The van der Waals surface area contributed by atoms with Gasteiger partial charge in [0.15, 0.2) is 0 Å². The number of hydrogen-bond donors (Lipinski definition) is 2. The summed E-state index contributed by atoms with van der Waals surface area (Å²) in [6, 6.07) is 0. The van der Waals surface area contributed by atoms with Crippen LogP contribution in [0.5, 0.6) is 0 Å². The predicted molar refractivity (Wildman–Crippen MR) is 58.4 cm³/mol. The minimum absolute atomic E-state index is 0.0152. The maximum absolute atomic E-state index is 9.17. The summed E-state index contributed by atoms with van der Waals surface area (Å²) in [6.07, 6.45) is 7.07. The van der Waals surface area contributed by atoms with Crippen molar-refractivity contribution in [3.05, 3.63) is 18.2 Å². The van der Waals surface area contributed by atoms with Crippen LogP contribution in [0.15, 0.2) is 12.5 Å². The number of aryl methyl sites for hydroxylation is 1. The smallest absolute Gasteiger partial charge is 0.0948 e. The van der Waals surface area contributed by atoms with Crippen molar-refractivity contribution in [2.24, 2.45) is 0 Å². The van der Waals surface area contributed by atoms with Crippen LogP contribution in [0.4, 0.5) is 0 Å². The van der Waals surface area contributed by atoms with Crippen molar-refractivity contribution in [3.63, 3.8) is 0 Å². The standard InChI is InChI=1S/C11H19N3O/c1-2-5-14-9-12-6-10(14)7-13-11(8-15)3-4-11/h6,9,13,15H,2-5,7-8H2,1H3. The highest BCUT2D eigenvalue weighted by molar-refractivity contribution is 5.05. The maximum Gasteiger partial charge on any atom is 0.0948 e. The fourth-order valence-corrected chi connectivity index (χ4v) is 1.76. The van der Waals surface area contributed by atoms with Gasteiger partial charge in [0, 0.05) is 24.8 Å². The molecule has 0 atom stereocenters. The summed E-state index contributed by atoms with van der Waals surface area (Å²) in [5.74, 6) is 0. The van der Waals surface area contributed by atoms with Crippen molar-refractivity contribution in [2.75, 3.05) is 6.61 Å². The van der Waals surface area contributed by atoms with E-state index in [0.29, 0.717) is 0 Å². The summed E-state index contributed by atoms with van der Waals surface area (Å²) >= 11 is 0. The molecule has 15 heavy (non-hydrogen) atoms. The molecule has 1 aromatic rings. The summed E-state index contributed by atoms with van der Waals surface area (Å²) < 4.78 is 2.17. The first-order chi connectivity index (χ1) is 7.29. The Balaban J connectivity index is 1.90. The number of nitrogens with zero attached hydrogens (tertiary/aromatic N) is 2. The minimum atomic E-state index is 0.0152. The lowest BCUT2D eigenvalue weighted by Crippen LogP contribution is -2.34. The zero-order chi connectivity index (χ0) is 10.7. The first-order valence-corrected chi connectivity index (χ1v) is 5.64. The number of aliphatic hydroxyl groups is 1. The molecule has 0 saturated heterocycles. The van der Waals surface area contributed by atoms with Gasteiger partial charge in [-0.2, -0.15) is 0 Å². The molecule has 1 aliphatic rings. The average molecular weight is 209 g/mol. The van der Waals surface area contributed by atoms with Gasteiger partial charge in [-0.3, -0.25) is 0 Å². The second-order valence-corrected chi connectivity index (χ2v) is 4.37. The van der Waals surface area contributed by atoms with Gasteiger partial charge in [-0.15, -0.1) is 0 Å². The van der Waals surface area contributed by atoms with Crippen LogP contribution in [0, 0.1) is 0 Å².